The Morgan fingerprint density at radius 3 is 2.63 bits per heavy atom. The number of carbonyl (C=O) groups is 1. The minimum Gasteiger partial charge on any atom is -0.356 e. The van der Waals surface area contributed by atoms with Crippen molar-refractivity contribution in [2.24, 2.45) is 4.99 Å². The molecule has 1 saturated carbocycles. The fourth-order valence-electron chi connectivity index (χ4n) is 2.20. The third-order valence-corrected chi connectivity index (χ3v) is 3.58. The van der Waals surface area contributed by atoms with Crippen LogP contribution < -0.4 is 16.0 Å². The van der Waals surface area contributed by atoms with Crippen molar-refractivity contribution in [3.05, 3.63) is 0 Å². The van der Waals surface area contributed by atoms with Crippen molar-refractivity contribution in [2.45, 2.75) is 64.5 Å². The van der Waals surface area contributed by atoms with Crippen LogP contribution in [-0.4, -0.2) is 37.5 Å². The van der Waals surface area contributed by atoms with Crippen LogP contribution in [0.5, 0.6) is 0 Å². The smallest absolute Gasteiger partial charge is 0.221 e. The standard InChI is InChI=1S/C14H28N4O/c1-4-11(2)17-13(19)9-10-16-14(15-3)18-12-7-5-6-8-12/h11-12H,4-10H2,1-3H3,(H,17,19)(H2,15,16,18). The average molecular weight is 268 g/mol. The highest BCUT2D eigenvalue weighted by molar-refractivity contribution is 5.81. The normalized spacial score (nSPS) is 18.2. The molecule has 1 rings (SSSR count). The summed E-state index contributed by atoms with van der Waals surface area (Å²) in [4.78, 5) is 15.8. The third-order valence-electron chi connectivity index (χ3n) is 3.58. The van der Waals surface area contributed by atoms with E-state index < -0.39 is 0 Å². The minimum atomic E-state index is 0.0955. The number of aliphatic imine (C=N–C) groups is 1. The molecule has 0 heterocycles. The Balaban J connectivity index is 2.17. The lowest BCUT2D eigenvalue weighted by molar-refractivity contribution is -0.121. The molecule has 1 atom stereocenters. The second-order valence-corrected chi connectivity index (χ2v) is 5.25. The minimum absolute atomic E-state index is 0.0955. The lowest BCUT2D eigenvalue weighted by Crippen LogP contribution is -2.43. The SMILES string of the molecule is CCC(C)NC(=O)CCNC(=NC)NC1CCCC1. The highest BCUT2D eigenvalue weighted by Crippen LogP contribution is 2.17. The van der Waals surface area contributed by atoms with E-state index in [0.29, 0.717) is 19.0 Å². The molecule has 3 N–H and O–H groups in total. The van der Waals surface area contributed by atoms with Crippen LogP contribution in [-0.2, 0) is 4.79 Å². The number of guanidine groups is 1. The molecular formula is C14H28N4O. The third kappa shape index (κ3) is 6.45. The van der Waals surface area contributed by atoms with E-state index in [1.807, 2.05) is 6.92 Å². The molecule has 0 aromatic carbocycles. The predicted octanol–water partition coefficient (Wildman–Crippen LogP) is 1.40. The Morgan fingerprint density at radius 2 is 2.05 bits per heavy atom. The lowest BCUT2D eigenvalue weighted by atomic mass is 10.2. The molecule has 1 amide bonds. The van der Waals surface area contributed by atoms with Crippen molar-refractivity contribution >= 4 is 11.9 Å². The van der Waals surface area contributed by atoms with Gasteiger partial charge >= 0.3 is 0 Å². The molecule has 0 saturated heterocycles. The monoisotopic (exact) mass is 268 g/mol. The number of nitrogens with one attached hydrogen (secondary N) is 3. The van der Waals surface area contributed by atoms with Crippen LogP contribution in [0.25, 0.3) is 0 Å². The average Bonchev–Trinajstić information content (AvgIpc) is 2.90. The molecule has 0 aliphatic heterocycles. The maximum Gasteiger partial charge on any atom is 0.221 e. The first-order chi connectivity index (χ1) is 9.15. The Labute approximate surface area is 116 Å². The van der Waals surface area contributed by atoms with Crippen molar-refractivity contribution in [3.63, 3.8) is 0 Å². The summed E-state index contributed by atoms with van der Waals surface area (Å²) in [6.07, 6.45) is 6.47. The fraction of sp³-hybridized carbons (Fsp3) is 0.857. The van der Waals surface area contributed by atoms with Gasteiger partial charge in [-0.05, 0) is 26.2 Å². The van der Waals surface area contributed by atoms with E-state index in [1.54, 1.807) is 7.05 Å². The summed E-state index contributed by atoms with van der Waals surface area (Å²) in [5.41, 5.74) is 0. The van der Waals surface area contributed by atoms with Crippen LogP contribution in [0.15, 0.2) is 4.99 Å². The van der Waals surface area contributed by atoms with Crippen molar-refractivity contribution in [1.29, 1.82) is 0 Å². The number of hydrogen-bond donors (Lipinski definition) is 3. The van der Waals surface area contributed by atoms with Crippen molar-refractivity contribution in [3.8, 4) is 0 Å². The van der Waals surface area contributed by atoms with Gasteiger partial charge in [-0.1, -0.05) is 19.8 Å². The highest BCUT2D eigenvalue weighted by Gasteiger charge is 2.15. The Hall–Kier alpha value is -1.26. The molecular weight excluding hydrogens is 240 g/mol. The molecule has 5 nitrogen and oxygen atoms in total. The van der Waals surface area contributed by atoms with E-state index in [-0.39, 0.29) is 11.9 Å². The predicted molar refractivity (Wildman–Crippen MR) is 79.3 cm³/mol. The van der Waals surface area contributed by atoms with Crippen molar-refractivity contribution in [1.82, 2.24) is 16.0 Å². The van der Waals surface area contributed by atoms with Gasteiger partial charge in [-0.15, -0.1) is 0 Å². The molecule has 0 spiro atoms. The van der Waals surface area contributed by atoms with Crippen LogP contribution >= 0.6 is 0 Å². The van der Waals surface area contributed by atoms with Gasteiger partial charge in [0.25, 0.3) is 0 Å². The number of rotatable bonds is 6. The van der Waals surface area contributed by atoms with Gasteiger partial charge in [0, 0.05) is 32.1 Å². The quantitative estimate of drug-likeness (QED) is 0.504. The van der Waals surface area contributed by atoms with E-state index in [0.717, 1.165) is 12.4 Å². The molecule has 1 unspecified atom stereocenters. The van der Waals surface area contributed by atoms with Crippen molar-refractivity contribution < 1.29 is 4.79 Å². The molecule has 0 aromatic rings. The van der Waals surface area contributed by atoms with Gasteiger partial charge in [0.2, 0.25) is 5.91 Å². The van der Waals surface area contributed by atoms with Gasteiger partial charge in [-0.2, -0.15) is 0 Å². The zero-order valence-electron chi connectivity index (χ0n) is 12.5. The van der Waals surface area contributed by atoms with E-state index >= 15 is 0 Å². The summed E-state index contributed by atoms with van der Waals surface area (Å²) in [6.45, 7) is 4.71. The summed E-state index contributed by atoms with van der Waals surface area (Å²) in [5.74, 6) is 0.904. The Bertz CT molecular complexity index is 298. The highest BCUT2D eigenvalue weighted by atomic mass is 16.1. The number of nitrogens with zero attached hydrogens (tertiary/aromatic N) is 1. The number of hydrogen-bond acceptors (Lipinski definition) is 2. The molecule has 1 aliphatic rings. The summed E-state index contributed by atoms with van der Waals surface area (Å²) in [6, 6.07) is 0.795. The van der Waals surface area contributed by atoms with E-state index in [2.05, 4.69) is 27.9 Å². The molecule has 1 aliphatic carbocycles. The maximum absolute atomic E-state index is 11.6. The molecule has 0 aromatic heterocycles. The molecule has 5 heteroatoms. The Kier molecular flexibility index (Phi) is 7.30. The molecule has 0 radical (unpaired) electrons. The summed E-state index contributed by atoms with van der Waals surface area (Å²) in [5, 5.41) is 9.55. The van der Waals surface area contributed by atoms with Crippen LogP contribution in [0, 0.1) is 0 Å². The summed E-state index contributed by atoms with van der Waals surface area (Å²) in [7, 11) is 1.77. The van der Waals surface area contributed by atoms with Crippen molar-refractivity contribution in [2.75, 3.05) is 13.6 Å². The number of amides is 1. The topological polar surface area (TPSA) is 65.5 Å². The zero-order chi connectivity index (χ0) is 14.1. The molecule has 19 heavy (non-hydrogen) atoms. The molecule has 0 bridgehead atoms. The first kappa shape index (κ1) is 15.8. The van der Waals surface area contributed by atoms with E-state index in [4.69, 9.17) is 0 Å². The summed E-state index contributed by atoms with van der Waals surface area (Å²) >= 11 is 0. The Morgan fingerprint density at radius 1 is 1.37 bits per heavy atom. The largest absolute Gasteiger partial charge is 0.356 e. The van der Waals surface area contributed by atoms with Crippen LogP contribution in [0.4, 0.5) is 0 Å². The van der Waals surface area contributed by atoms with E-state index in [9.17, 15) is 4.79 Å². The second kappa shape index (κ2) is 8.77. The van der Waals surface area contributed by atoms with Crippen LogP contribution in [0.3, 0.4) is 0 Å². The van der Waals surface area contributed by atoms with Gasteiger partial charge in [-0.3, -0.25) is 9.79 Å². The van der Waals surface area contributed by atoms with Crippen LogP contribution in [0.1, 0.15) is 52.4 Å². The van der Waals surface area contributed by atoms with Crippen LogP contribution in [0.2, 0.25) is 0 Å². The maximum atomic E-state index is 11.6. The summed E-state index contributed by atoms with van der Waals surface area (Å²) < 4.78 is 0. The first-order valence-corrected chi connectivity index (χ1v) is 7.42. The number of carbonyl (C=O) groups excluding carboxylic acids is 1. The molecule has 110 valence electrons. The van der Waals surface area contributed by atoms with Gasteiger partial charge in [0.1, 0.15) is 0 Å². The van der Waals surface area contributed by atoms with Gasteiger partial charge < -0.3 is 16.0 Å². The van der Waals surface area contributed by atoms with Gasteiger partial charge in [0.15, 0.2) is 5.96 Å². The lowest BCUT2D eigenvalue weighted by Gasteiger charge is -2.17. The van der Waals surface area contributed by atoms with Gasteiger partial charge in [0.05, 0.1) is 0 Å². The van der Waals surface area contributed by atoms with Gasteiger partial charge in [-0.25, -0.2) is 0 Å². The fourth-order valence-corrected chi connectivity index (χ4v) is 2.20. The molecule has 1 fully saturated rings. The zero-order valence-corrected chi connectivity index (χ0v) is 12.5. The first-order valence-electron chi connectivity index (χ1n) is 7.42. The van der Waals surface area contributed by atoms with E-state index in [1.165, 1.54) is 25.7 Å². The second-order valence-electron chi connectivity index (χ2n) is 5.25.